The Hall–Kier alpha value is -2.08. The van der Waals surface area contributed by atoms with Gasteiger partial charge in [-0.1, -0.05) is 12.1 Å². The summed E-state index contributed by atoms with van der Waals surface area (Å²) in [5.74, 6) is -0.181. The van der Waals surface area contributed by atoms with E-state index in [9.17, 15) is 9.59 Å². The van der Waals surface area contributed by atoms with Gasteiger partial charge in [0.25, 0.3) is 0 Å². The lowest BCUT2D eigenvalue weighted by atomic mass is 10.2. The minimum Gasteiger partial charge on any atom is -0.495 e. The molecule has 1 rings (SSSR count). The van der Waals surface area contributed by atoms with Gasteiger partial charge >= 0.3 is 0 Å². The smallest absolute Gasteiger partial charge is 0.233 e. The number of amides is 2. The molecule has 0 bridgehead atoms. The summed E-state index contributed by atoms with van der Waals surface area (Å²) in [5.41, 5.74) is 0.541. The predicted molar refractivity (Wildman–Crippen MR) is 71.1 cm³/mol. The molecule has 1 aromatic rings. The Labute approximate surface area is 112 Å². The highest BCUT2D eigenvalue weighted by Gasteiger charge is 2.11. The number of hydrogen-bond donors (Lipinski definition) is 2. The van der Waals surface area contributed by atoms with E-state index in [1.54, 1.807) is 31.4 Å². The van der Waals surface area contributed by atoms with Crippen molar-refractivity contribution in [3.63, 3.8) is 0 Å². The third-order valence-electron chi connectivity index (χ3n) is 2.33. The molecule has 0 aliphatic heterocycles. The fourth-order valence-corrected chi connectivity index (χ4v) is 1.44. The zero-order valence-electron chi connectivity index (χ0n) is 11.1. The number of para-hydroxylation sites is 2. The first-order chi connectivity index (χ1) is 9.17. The lowest BCUT2D eigenvalue weighted by molar-refractivity contribution is -0.126. The normalized spacial score (nSPS) is 9.79. The van der Waals surface area contributed by atoms with E-state index < -0.39 is 0 Å². The largest absolute Gasteiger partial charge is 0.495 e. The van der Waals surface area contributed by atoms with E-state index in [1.807, 2.05) is 0 Å². The maximum absolute atomic E-state index is 11.7. The molecule has 0 fully saturated rings. The van der Waals surface area contributed by atoms with Gasteiger partial charge in [-0.25, -0.2) is 0 Å². The average molecular weight is 266 g/mol. The number of ether oxygens (including phenoxy) is 2. The lowest BCUT2D eigenvalue weighted by Gasteiger charge is -2.09. The molecule has 0 radical (unpaired) electrons. The monoisotopic (exact) mass is 266 g/mol. The number of nitrogens with one attached hydrogen (secondary N) is 2. The van der Waals surface area contributed by atoms with Gasteiger partial charge in [-0.15, -0.1) is 0 Å². The maximum Gasteiger partial charge on any atom is 0.233 e. The van der Waals surface area contributed by atoms with Gasteiger partial charge in [-0.05, 0) is 12.1 Å². The summed E-state index contributed by atoms with van der Waals surface area (Å²) < 4.78 is 9.89. The Balaban J connectivity index is 2.44. The van der Waals surface area contributed by atoms with Crippen LogP contribution in [0.25, 0.3) is 0 Å². The first-order valence-electron chi connectivity index (χ1n) is 5.86. The van der Waals surface area contributed by atoms with Crippen LogP contribution >= 0.6 is 0 Å². The lowest BCUT2D eigenvalue weighted by Crippen LogP contribution is -2.30. The molecule has 0 aromatic heterocycles. The number of hydrogen-bond acceptors (Lipinski definition) is 4. The van der Waals surface area contributed by atoms with Gasteiger partial charge in [0.1, 0.15) is 12.2 Å². The van der Waals surface area contributed by atoms with Crippen molar-refractivity contribution in [2.24, 2.45) is 0 Å². The molecule has 0 unspecified atom stereocenters. The highest BCUT2D eigenvalue weighted by Crippen LogP contribution is 2.22. The average Bonchev–Trinajstić information content (AvgIpc) is 2.39. The summed E-state index contributed by atoms with van der Waals surface area (Å²) in [5, 5.41) is 5.20. The molecule has 1 aromatic carbocycles. The Morgan fingerprint density at radius 2 is 1.89 bits per heavy atom. The van der Waals surface area contributed by atoms with Crippen LogP contribution in [-0.4, -0.2) is 39.2 Å². The number of carbonyl (C=O) groups is 2. The van der Waals surface area contributed by atoms with Gasteiger partial charge in [0.15, 0.2) is 0 Å². The van der Waals surface area contributed by atoms with Gasteiger partial charge in [0.2, 0.25) is 11.8 Å². The van der Waals surface area contributed by atoms with Crippen LogP contribution in [0.4, 0.5) is 5.69 Å². The first-order valence-corrected chi connectivity index (χ1v) is 5.86. The van der Waals surface area contributed by atoms with Crippen LogP contribution in [0.3, 0.4) is 0 Å². The van der Waals surface area contributed by atoms with E-state index in [2.05, 4.69) is 10.6 Å². The van der Waals surface area contributed by atoms with E-state index in [0.29, 0.717) is 24.6 Å². The van der Waals surface area contributed by atoms with Crippen molar-refractivity contribution < 1.29 is 19.1 Å². The Morgan fingerprint density at radius 1 is 1.16 bits per heavy atom. The maximum atomic E-state index is 11.7. The molecule has 0 heterocycles. The number of carbonyl (C=O) groups excluding carboxylic acids is 2. The van der Waals surface area contributed by atoms with E-state index in [1.165, 1.54) is 7.11 Å². The SMILES string of the molecule is COCCNC(=O)CC(=O)Nc1ccccc1OC. The summed E-state index contributed by atoms with van der Waals surface area (Å²) in [4.78, 5) is 23.1. The molecule has 6 heteroatoms. The van der Waals surface area contributed by atoms with Crippen LogP contribution in [-0.2, 0) is 14.3 Å². The molecule has 0 spiro atoms. The summed E-state index contributed by atoms with van der Waals surface area (Å²) >= 11 is 0. The number of benzene rings is 1. The third-order valence-corrected chi connectivity index (χ3v) is 2.33. The topological polar surface area (TPSA) is 76.7 Å². The van der Waals surface area contributed by atoms with Gasteiger partial charge < -0.3 is 20.1 Å². The van der Waals surface area contributed by atoms with E-state index in [0.717, 1.165) is 0 Å². The Bertz CT molecular complexity index is 434. The molecule has 0 aliphatic carbocycles. The molecular formula is C13H18N2O4. The van der Waals surface area contributed by atoms with Crippen molar-refractivity contribution in [1.82, 2.24) is 5.32 Å². The number of rotatable bonds is 7. The van der Waals surface area contributed by atoms with Crippen molar-refractivity contribution in [1.29, 1.82) is 0 Å². The fraction of sp³-hybridized carbons (Fsp3) is 0.385. The van der Waals surface area contributed by atoms with Crippen molar-refractivity contribution in [2.45, 2.75) is 6.42 Å². The third kappa shape index (κ3) is 5.39. The van der Waals surface area contributed by atoms with Crippen molar-refractivity contribution in [3.05, 3.63) is 24.3 Å². The van der Waals surface area contributed by atoms with E-state index in [-0.39, 0.29) is 18.2 Å². The highest BCUT2D eigenvalue weighted by atomic mass is 16.5. The summed E-state index contributed by atoms with van der Waals surface area (Å²) in [6.07, 6.45) is -0.234. The summed E-state index contributed by atoms with van der Waals surface area (Å²) in [7, 11) is 3.06. The molecule has 0 aliphatic rings. The predicted octanol–water partition coefficient (Wildman–Crippen LogP) is 0.786. The van der Waals surface area contributed by atoms with Gasteiger partial charge in [-0.2, -0.15) is 0 Å². The van der Waals surface area contributed by atoms with Crippen LogP contribution in [0.1, 0.15) is 6.42 Å². The molecule has 6 nitrogen and oxygen atoms in total. The number of anilines is 1. The molecule has 19 heavy (non-hydrogen) atoms. The second-order valence-electron chi connectivity index (χ2n) is 3.77. The molecular weight excluding hydrogens is 248 g/mol. The van der Waals surface area contributed by atoms with Crippen molar-refractivity contribution >= 4 is 17.5 Å². The zero-order valence-corrected chi connectivity index (χ0v) is 11.1. The summed E-state index contributed by atoms with van der Waals surface area (Å²) in [6, 6.07) is 7.01. The molecule has 104 valence electrons. The van der Waals surface area contributed by atoms with Crippen LogP contribution in [0.2, 0.25) is 0 Å². The molecule has 0 saturated heterocycles. The van der Waals surface area contributed by atoms with E-state index >= 15 is 0 Å². The second kappa shape index (κ2) is 8.10. The van der Waals surface area contributed by atoms with Crippen LogP contribution < -0.4 is 15.4 Å². The molecule has 0 atom stereocenters. The second-order valence-corrected chi connectivity index (χ2v) is 3.77. The first kappa shape index (κ1) is 15.0. The Morgan fingerprint density at radius 3 is 2.58 bits per heavy atom. The number of methoxy groups -OCH3 is 2. The molecule has 0 saturated carbocycles. The van der Waals surface area contributed by atoms with Gasteiger partial charge in [-0.3, -0.25) is 9.59 Å². The minimum atomic E-state index is -0.389. The Kier molecular flexibility index (Phi) is 6.38. The zero-order chi connectivity index (χ0) is 14.1. The molecule has 2 amide bonds. The van der Waals surface area contributed by atoms with Crippen LogP contribution in [0.15, 0.2) is 24.3 Å². The summed E-state index contributed by atoms with van der Waals surface area (Å²) in [6.45, 7) is 0.803. The highest BCUT2D eigenvalue weighted by molar-refractivity contribution is 6.04. The van der Waals surface area contributed by atoms with Crippen molar-refractivity contribution in [2.75, 3.05) is 32.7 Å². The van der Waals surface area contributed by atoms with Crippen LogP contribution in [0, 0.1) is 0 Å². The van der Waals surface area contributed by atoms with Crippen LogP contribution in [0.5, 0.6) is 5.75 Å². The van der Waals surface area contributed by atoms with Gasteiger partial charge in [0.05, 0.1) is 19.4 Å². The quantitative estimate of drug-likeness (QED) is 0.565. The van der Waals surface area contributed by atoms with Crippen molar-refractivity contribution in [3.8, 4) is 5.75 Å². The van der Waals surface area contributed by atoms with Gasteiger partial charge in [0, 0.05) is 13.7 Å². The standard InChI is InChI=1S/C13H18N2O4/c1-18-8-7-14-12(16)9-13(17)15-10-5-3-4-6-11(10)19-2/h3-6H,7-9H2,1-2H3,(H,14,16)(H,15,17). The minimum absolute atomic E-state index is 0.234. The van der Waals surface area contributed by atoms with E-state index in [4.69, 9.17) is 9.47 Å². The molecule has 2 N–H and O–H groups in total. The fourth-order valence-electron chi connectivity index (χ4n) is 1.44.